The van der Waals surface area contributed by atoms with Crippen molar-refractivity contribution in [1.29, 1.82) is 0 Å². The molecule has 3 aliphatic heterocycles. The highest BCUT2D eigenvalue weighted by Crippen LogP contribution is 2.21. The summed E-state index contributed by atoms with van der Waals surface area (Å²) in [6.45, 7) is 7.11. The topological polar surface area (TPSA) is 55.9 Å². The Hall–Kier alpha value is -1.30. The Morgan fingerprint density at radius 2 is 1.91 bits per heavy atom. The summed E-state index contributed by atoms with van der Waals surface area (Å²) in [4.78, 5) is 30.7. The van der Waals surface area contributed by atoms with Crippen LogP contribution in [0.5, 0.6) is 0 Å². The standard InChI is InChI=1S/C17H30N4O2/c1-2-14-5-3-4-9-20(14)16(22)13-19-10-6-15(7-11-19)21-12-8-18-17(21)23/h14-15H,2-13H2,1H3,(H,18,23). The van der Waals surface area contributed by atoms with Crippen LogP contribution >= 0.6 is 0 Å². The van der Waals surface area contributed by atoms with Gasteiger partial charge < -0.3 is 15.1 Å². The van der Waals surface area contributed by atoms with Crippen molar-refractivity contribution in [3.8, 4) is 0 Å². The predicted octanol–water partition coefficient (Wildman–Crippen LogP) is 1.27. The van der Waals surface area contributed by atoms with Crippen LogP contribution in [-0.4, -0.2) is 78.0 Å². The van der Waals surface area contributed by atoms with E-state index in [1.807, 2.05) is 4.90 Å². The summed E-state index contributed by atoms with van der Waals surface area (Å²) < 4.78 is 0. The van der Waals surface area contributed by atoms with Crippen LogP contribution in [0.1, 0.15) is 45.4 Å². The first-order valence-electron chi connectivity index (χ1n) is 9.25. The van der Waals surface area contributed by atoms with Gasteiger partial charge in [0.1, 0.15) is 0 Å². The number of carbonyl (C=O) groups is 2. The minimum absolute atomic E-state index is 0.0821. The van der Waals surface area contributed by atoms with Gasteiger partial charge in [-0.3, -0.25) is 9.69 Å². The third kappa shape index (κ3) is 3.79. The van der Waals surface area contributed by atoms with Crippen molar-refractivity contribution in [2.45, 2.75) is 57.5 Å². The summed E-state index contributed by atoms with van der Waals surface area (Å²) in [5, 5.41) is 2.88. The van der Waals surface area contributed by atoms with E-state index in [-0.39, 0.29) is 6.03 Å². The Morgan fingerprint density at radius 1 is 1.13 bits per heavy atom. The Bertz CT molecular complexity index is 434. The van der Waals surface area contributed by atoms with E-state index >= 15 is 0 Å². The molecule has 3 aliphatic rings. The smallest absolute Gasteiger partial charge is 0.317 e. The highest BCUT2D eigenvalue weighted by Gasteiger charge is 2.32. The number of likely N-dealkylation sites (tertiary alicyclic amines) is 2. The maximum absolute atomic E-state index is 12.6. The number of urea groups is 1. The van der Waals surface area contributed by atoms with E-state index in [2.05, 4.69) is 22.0 Å². The molecule has 0 aromatic heterocycles. The number of hydrogen-bond acceptors (Lipinski definition) is 3. The second-order valence-corrected chi connectivity index (χ2v) is 7.08. The summed E-state index contributed by atoms with van der Waals surface area (Å²) in [6.07, 6.45) is 6.60. The van der Waals surface area contributed by atoms with Gasteiger partial charge in [0, 0.05) is 44.8 Å². The van der Waals surface area contributed by atoms with Gasteiger partial charge in [-0.05, 0) is 38.5 Å². The van der Waals surface area contributed by atoms with Crippen LogP contribution < -0.4 is 5.32 Å². The van der Waals surface area contributed by atoms with Crippen molar-refractivity contribution in [2.75, 3.05) is 39.3 Å². The van der Waals surface area contributed by atoms with E-state index in [1.165, 1.54) is 6.42 Å². The van der Waals surface area contributed by atoms with E-state index in [1.54, 1.807) is 0 Å². The number of amides is 3. The monoisotopic (exact) mass is 322 g/mol. The first-order chi connectivity index (χ1) is 11.2. The van der Waals surface area contributed by atoms with E-state index in [0.717, 1.165) is 64.8 Å². The third-order valence-electron chi connectivity index (χ3n) is 5.67. The zero-order valence-corrected chi connectivity index (χ0v) is 14.3. The van der Waals surface area contributed by atoms with Crippen molar-refractivity contribution in [1.82, 2.24) is 20.0 Å². The third-order valence-corrected chi connectivity index (χ3v) is 5.67. The molecule has 0 aromatic carbocycles. The van der Waals surface area contributed by atoms with Crippen molar-refractivity contribution in [3.63, 3.8) is 0 Å². The molecule has 0 aliphatic carbocycles. The van der Waals surface area contributed by atoms with Crippen LogP contribution in [0.3, 0.4) is 0 Å². The first-order valence-corrected chi connectivity index (χ1v) is 9.25. The predicted molar refractivity (Wildman–Crippen MR) is 89.2 cm³/mol. The van der Waals surface area contributed by atoms with Crippen LogP contribution in [0, 0.1) is 0 Å². The second kappa shape index (κ2) is 7.51. The van der Waals surface area contributed by atoms with Gasteiger partial charge in [0.2, 0.25) is 5.91 Å². The number of carbonyl (C=O) groups excluding carboxylic acids is 2. The summed E-state index contributed by atoms with van der Waals surface area (Å²) in [7, 11) is 0. The lowest BCUT2D eigenvalue weighted by Crippen LogP contribution is -2.51. The summed E-state index contributed by atoms with van der Waals surface area (Å²) in [6, 6.07) is 0.878. The Labute approximate surface area is 139 Å². The van der Waals surface area contributed by atoms with E-state index in [0.29, 0.717) is 24.5 Å². The van der Waals surface area contributed by atoms with Gasteiger partial charge in [-0.15, -0.1) is 0 Å². The zero-order valence-electron chi connectivity index (χ0n) is 14.3. The molecule has 3 heterocycles. The molecule has 3 rings (SSSR count). The van der Waals surface area contributed by atoms with Gasteiger partial charge in [0.05, 0.1) is 6.54 Å². The molecule has 0 bridgehead atoms. The van der Waals surface area contributed by atoms with Crippen LogP contribution in [0.2, 0.25) is 0 Å². The van der Waals surface area contributed by atoms with Crippen molar-refractivity contribution >= 4 is 11.9 Å². The molecule has 6 nitrogen and oxygen atoms in total. The quantitative estimate of drug-likeness (QED) is 0.848. The number of nitrogens with one attached hydrogen (secondary N) is 1. The molecule has 0 radical (unpaired) electrons. The van der Waals surface area contributed by atoms with E-state index in [4.69, 9.17) is 0 Å². The minimum Gasteiger partial charge on any atom is -0.339 e. The molecule has 0 aromatic rings. The zero-order chi connectivity index (χ0) is 16.2. The summed E-state index contributed by atoms with van der Waals surface area (Å²) >= 11 is 0. The largest absolute Gasteiger partial charge is 0.339 e. The average Bonchev–Trinajstić information content (AvgIpc) is 3.01. The molecule has 1 N–H and O–H groups in total. The average molecular weight is 322 g/mol. The van der Waals surface area contributed by atoms with Crippen LogP contribution in [0.15, 0.2) is 0 Å². The lowest BCUT2D eigenvalue weighted by molar-refractivity contribution is -0.136. The molecule has 1 atom stereocenters. The van der Waals surface area contributed by atoms with Gasteiger partial charge in [0.15, 0.2) is 0 Å². The minimum atomic E-state index is 0.0821. The van der Waals surface area contributed by atoms with Gasteiger partial charge in [-0.2, -0.15) is 0 Å². The molecule has 23 heavy (non-hydrogen) atoms. The first kappa shape index (κ1) is 16.6. The molecular weight excluding hydrogens is 292 g/mol. The summed E-state index contributed by atoms with van der Waals surface area (Å²) in [5.41, 5.74) is 0. The second-order valence-electron chi connectivity index (χ2n) is 7.08. The maximum Gasteiger partial charge on any atom is 0.317 e. The van der Waals surface area contributed by atoms with Crippen LogP contribution in [-0.2, 0) is 4.79 Å². The Balaban J connectivity index is 1.46. The van der Waals surface area contributed by atoms with Crippen molar-refractivity contribution in [3.05, 3.63) is 0 Å². The van der Waals surface area contributed by atoms with Crippen LogP contribution in [0.25, 0.3) is 0 Å². The SMILES string of the molecule is CCC1CCCCN1C(=O)CN1CCC(N2CCNC2=O)CC1. The molecule has 3 amide bonds. The fourth-order valence-corrected chi connectivity index (χ4v) is 4.26. The fraction of sp³-hybridized carbons (Fsp3) is 0.882. The molecule has 1 unspecified atom stereocenters. The molecule has 0 saturated carbocycles. The molecule has 3 fully saturated rings. The number of piperidine rings is 2. The number of hydrogen-bond donors (Lipinski definition) is 1. The lowest BCUT2D eigenvalue weighted by atomic mass is 9.99. The summed E-state index contributed by atoms with van der Waals surface area (Å²) in [5.74, 6) is 0.300. The van der Waals surface area contributed by atoms with E-state index in [9.17, 15) is 9.59 Å². The molecular formula is C17H30N4O2. The van der Waals surface area contributed by atoms with Gasteiger partial charge >= 0.3 is 6.03 Å². The van der Waals surface area contributed by atoms with Crippen LogP contribution in [0.4, 0.5) is 4.79 Å². The van der Waals surface area contributed by atoms with E-state index < -0.39 is 0 Å². The molecule has 130 valence electrons. The van der Waals surface area contributed by atoms with Gasteiger partial charge in [-0.1, -0.05) is 6.92 Å². The lowest BCUT2D eigenvalue weighted by Gasteiger charge is -2.39. The number of nitrogens with zero attached hydrogens (tertiary/aromatic N) is 3. The fourth-order valence-electron chi connectivity index (χ4n) is 4.26. The normalized spacial score (nSPS) is 27.3. The van der Waals surface area contributed by atoms with Crippen molar-refractivity contribution < 1.29 is 9.59 Å². The highest BCUT2D eigenvalue weighted by atomic mass is 16.2. The Morgan fingerprint density at radius 3 is 2.57 bits per heavy atom. The van der Waals surface area contributed by atoms with Gasteiger partial charge in [0.25, 0.3) is 0 Å². The number of rotatable bonds is 4. The molecule has 3 saturated heterocycles. The molecule has 0 spiro atoms. The highest BCUT2D eigenvalue weighted by molar-refractivity contribution is 5.79. The maximum atomic E-state index is 12.6. The van der Waals surface area contributed by atoms with Crippen molar-refractivity contribution in [2.24, 2.45) is 0 Å². The van der Waals surface area contributed by atoms with Gasteiger partial charge in [-0.25, -0.2) is 4.79 Å². The molecule has 6 heteroatoms. The Kier molecular flexibility index (Phi) is 5.41.